The molecule has 73 heavy (non-hydrogen) atoms. The molecule has 0 fully saturated rings. The van der Waals surface area contributed by atoms with Gasteiger partial charge in [0.1, 0.15) is 154 Å². The second kappa shape index (κ2) is 32.4. The molecular formula is C37H68O36. The lowest BCUT2D eigenvalue weighted by atomic mass is 9.91. The number of aliphatic hydroxyl groups is 28. The molecule has 0 aromatic carbocycles. The van der Waals surface area contributed by atoms with Crippen molar-refractivity contribution < 1.29 is 181 Å². The molecule has 0 amide bonds. The summed E-state index contributed by atoms with van der Waals surface area (Å²) in [5.41, 5.74) is -3.00. The van der Waals surface area contributed by atoms with E-state index in [1.807, 2.05) is 0 Å². The maximum absolute atomic E-state index is 13.1. The minimum atomic E-state index is -3.09. The number of esters is 4. The van der Waals surface area contributed by atoms with Gasteiger partial charge in [0.25, 0.3) is 0 Å². The highest BCUT2D eigenvalue weighted by Gasteiger charge is 2.47. The second-order valence-electron chi connectivity index (χ2n) is 16.6. The Morgan fingerprint density at radius 2 is 0.384 bits per heavy atom. The normalized spacial score (nSPS) is 23.1. The Balaban J connectivity index is 7.40. The lowest BCUT2D eigenvalue weighted by Gasteiger charge is -2.35. The lowest BCUT2D eigenvalue weighted by molar-refractivity contribution is -0.198. The Hall–Kier alpha value is -3.24. The number of aliphatic hydroxyl groups excluding tert-OH is 28. The minimum Gasteiger partial charge on any atom is -0.463 e. The Morgan fingerprint density at radius 1 is 0.247 bits per heavy atom. The van der Waals surface area contributed by atoms with Gasteiger partial charge in [0.05, 0.1) is 26.4 Å². The van der Waals surface area contributed by atoms with Crippen LogP contribution in [0.15, 0.2) is 0 Å². The van der Waals surface area contributed by atoms with Gasteiger partial charge in [0.2, 0.25) is 0 Å². The highest BCUT2D eigenvalue weighted by atomic mass is 16.6. The van der Waals surface area contributed by atoms with Crippen LogP contribution in [0.25, 0.3) is 0 Å². The molecule has 24 unspecified atom stereocenters. The lowest BCUT2D eigenvalue weighted by Crippen LogP contribution is -2.56. The molecule has 0 saturated heterocycles. The molecule has 0 radical (unpaired) electrons. The zero-order chi connectivity index (χ0) is 57.2. The topological polar surface area (TPSA) is 672 Å². The van der Waals surface area contributed by atoms with E-state index in [-0.39, 0.29) is 0 Å². The predicted molar refractivity (Wildman–Crippen MR) is 219 cm³/mol. The van der Waals surface area contributed by atoms with Gasteiger partial charge < -0.3 is 162 Å². The number of carbonyl (C=O) groups is 4. The van der Waals surface area contributed by atoms with Crippen LogP contribution in [0, 0.1) is 5.41 Å². The third-order valence-electron chi connectivity index (χ3n) is 10.9. The first-order valence-corrected chi connectivity index (χ1v) is 21.1. The van der Waals surface area contributed by atoms with Crippen LogP contribution in [0.2, 0.25) is 0 Å². The molecule has 0 saturated carbocycles. The fourth-order valence-electron chi connectivity index (χ4n) is 5.75. The van der Waals surface area contributed by atoms with Crippen molar-refractivity contribution in [2.45, 2.75) is 146 Å². The Kier molecular flexibility index (Phi) is 30.9. The average molecular weight is 1090 g/mol. The van der Waals surface area contributed by atoms with Crippen molar-refractivity contribution in [1.82, 2.24) is 0 Å². The molecule has 0 aliphatic carbocycles. The summed E-state index contributed by atoms with van der Waals surface area (Å²) in [5, 5.41) is 279. The highest BCUT2D eigenvalue weighted by Crippen LogP contribution is 2.25. The van der Waals surface area contributed by atoms with Gasteiger partial charge >= 0.3 is 23.9 Å². The van der Waals surface area contributed by atoms with Gasteiger partial charge in [-0.15, -0.1) is 0 Å². The van der Waals surface area contributed by atoms with Gasteiger partial charge in [-0.3, -0.25) is 0 Å². The molecule has 0 spiro atoms. The standard InChI is InChI=1S/C37H68O36/c38-1-9(42)13(46)17(50)21(54)25(58)29(62)33(66)70-5-37(6-71-34(67)30(63)26(59)22(55)18(51)14(47)10(43)2-39,7-72-35(68)31(64)27(60)23(56)19(52)15(48)11(44)3-40)8-73-36(69)32(65)28(61)24(57)20(53)16(49)12(45)4-41/h9-32,38-65H,1-8H2. The first kappa shape index (κ1) is 69.8. The van der Waals surface area contributed by atoms with Crippen LogP contribution in [0.4, 0.5) is 0 Å². The molecule has 0 aliphatic rings. The largest absolute Gasteiger partial charge is 0.463 e. The molecule has 28 N–H and O–H groups in total. The SMILES string of the molecule is O=C(OCC(COC(=O)C(O)C(O)C(O)C(O)C(O)C(O)CO)(COC(=O)C(O)C(O)C(O)C(O)C(O)C(O)CO)COC(=O)C(O)C(O)C(O)C(O)C(O)C(O)CO)C(O)C(O)C(O)C(O)C(O)C(O)CO. The van der Waals surface area contributed by atoms with Gasteiger partial charge in [-0.2, -0.15) is 0 Å². The van der Waals surface area contributed by atoms with E-state index in [0.29, 0.717) is 0 Å². The number of ether oxygens (including phenoxy) is 4. The molecule has 0 aliphatic heterocycles. The zero-order valence-corrected chi connectivity index (χ0v) is 37.8. The summed E-state index contributed by atoms with van der Waals surface area (Å²) in [4.78, 5) is 52.3. The number of hydrogen-bond acceptors (Lipinski definition) is 36. The fourth-order valence-corrected chi connectivity index (χ4v) is 5.75. The first-order chi connectivity index (χ1) is 33.7. The first-order valence-electron chi connectivity index (χ1n) is 21.1. The van der Waals surface area contributed by atoms with Gasteiger partial charge in [0.15, 0.2) is 24.4 Å². The van der Waals surface area contributed by atoms with E-state index in [1.165, 1.54) is 0 Å². The molecule has 432 valence electrons. The van der Waals surface area contributed by atoms with Crippen LogP contribution in [0.1, 0.15) is 0 Å². The van der Waals surface area contributed by atoms with E-state index in [0.717, 1.165) is 0 Å². The van der Waals surface area contributed by atoms with E-state index >= 15 is 0 Å². The van der Waals surface area contributed by atoms with Crippen molar-refractivity contribution >= 4 is 23.9 Å². The van der Waals surface area contributed by atoms with Crippen LogP contribution in [0.3, 0.4) is 0 Å². The molecule has 0 rings (SSSR count). The Bertz CT molecular complexity index is 1380. The van der Waals surface area contributed by atoms with E-state index < -0.39 is 229 Å². The van der Waals surface area contributed by atoms with Crippen molar-refractivity contribution in [2.24, 2.45) is 5.41 Å². The predicted octanol–water partition coefficient (Wildman–Crippen LogP) is -19.2. The van der Waals surface area contributed by atoms with Crippen molar-refractivity contribution in [3.63, 3.8) is 0 Å². The Labute approximate surface area is 409 Å². The van der Waals surface area contributed by atoms with Gasteiger partial charge in [-0.1, -0.05) is 0 Å². The summed E-state index contributed by atoms with van der Waals surface area (Å²) in [7, 11) is 0. The third kappa shape index (κ3) is 19.7. The van der Waals surface area contributed by atoms with Crippen molar-refractivity contribution in [2.75, 3.05) is 52.9 Å². The minimum absolute atomic E-state index is 1.25. The van der Waals surface area contributed by atoms with Crippen LogP contribution in [-0.4, -0.2) is 366 Å². The highest BCUT2D eigenvalue weighted by molar-refractivity contribution is 5.77. The molecule has 24 atom stereocenters. The molecule has 36 nitrogen and oxygen atoms in total. The molecule has 0 bridgehead atoms. The van der Waals surface area contributed by atoms with Crippen LogP contribution >= 0.6 is 0 Å². The van der Waals surface area contributed by atoms with Gasteiger partial charge in [-0.25, -0.2) is 19.2 Å². The van der Waals surface area contributed by atoms with E-state index in [1.54, 1.807) is 0 Å². The van der Waals surface area contributed by atoms with Gasteiger partial charge in [-0.05, 0) is 0 Å². The van der Waals surface area contributed by atoms with Crippen LogP contribution in [-0.2, 0) is 38.1 Å². The summed E-state index contributed by atoms with van der Waals surface area (Å²) >= 11 is 0. The molecule has 0 heterocycles. The number of carbonyl (C=O) groups excluding carboxylic acids is 4. The molecule has 0 aromatic heterocycles. The summed E-state index contributed by atoms with van der Waals surface area (Å²) in [6.07, 6.45) is -64.8. The maximum atomic E-state index is 13.1. The average Bonchev–Trinajstić information content (AvgIpc) is 3.40. The number of rotatable bonds is 36. The van der Waals surface area contributed by atoms with Crippen molar-refractivity contribution in [3.05, 3.63) is 0 Å². The van der Waals surface area contributed by atoms with E-state index in [9.17, 15) is 142 Å². The van der Waals surface area contributed by atoms with Crippen LogP contribution in [0.5, 0.6) is 0 Å². The van der Waals surface area contributed by atoms with Gasteiger partial charge in [0, 0.05) is 0 Å². The molecule has 36 heteroatoms. The van der Waals surface area contributed by atoms with Crippen molar-refractivity contribution in [1.29, 1.82) is 0 Å². The van der Waals surface area contributed by atoms with E-state index in [2.05, 4.69) is 0 Å². The summed E-state index contributed by atoms with van der Waals surface area (Å²) in [6.45, 7) is -12.0. The monoisotopic (exact) mass is 1090 g/mol. The molecular weight excluding hydrogens is 1020 g/mol. The quantitative estimate of drug-likeness (QED) is 0.0205. The van der Waals surface area contributed by atoms with Crippen molar-refractivity contribution in [3.8, 4) is 0 Å². The van der Waals surface area contributed by atoms with Crippen LogP contribution < -0.4 is 0 Å². The number of hydrogen-bond donors (Lipinski definition) is 28. The smallest absolute Gasteiger partial charge is 0.337 e. The summed E-state index contributed by atoms with van der Waals surface area (Å²) in [6, 6.07) is 0. The second-order valence-corrected chi connectivity index (χ2v) is 16.6. The summed E-state index contributed by atoms with van der Waals surface area (Å²) in [5.74, 6) is -8.69. The zero-order valence-electron chi connectivity index (χ0n) is 37.8. The summed E-state index contributed by atoms with van der Waals surface area (Å²) < 4.78 is 19.3. The third-order valence-corrected chi connectivity index (χ3v) is 10.9. The Morgan fingerprint density at radius 3 is 0.521 bits per heavy atom. The fraction of sp³-hybridized carbons (Fsp3) is 0.892. The molecule has 0 aromatic rings. The maximum Gasteiger partial charge on any atom is 0.337 e. The van der Waals surface area contributed by atoms with E-state index in [4.69, 9.17) is 39.4 Å².